The van der Waals surface area contributed by atoms with Crippen molar-refractivity contribution in [3.63, 3.8) is 0 Å². The van der Waals surface area contributed by atoms with Crippen molar-refractivity contribution in [2.45, 2.75) is 70.8 Å². The molecule has 0 aromatic heterocycles. The zero-order valence-corrected chi connectivity index (χ0v) is 18.4. The van der Waals surface area contributed by atoms with Gasteiger partial charge in [0.1, 0.15) is 17.6 Å². The van der Waals surface area contributed by atoms with Crippen LogP contribution in [0.2, 0.25) is 0 Å². The van der Waals surface area contributed by atoms with Crippen LogP contribution in [0.5, 0.6) is 5.75 Å². The minimum Gasteiger partial charge on any atom is -0.493 e. The molecule has 31 heavy (non-hydrogen) atoms. The van der Waals surface area contributed by atoms with Crippen molar-refractivity contribution < 1.29 is 23.8 Å². The number of hydrogen-bond acceptors (Lipinski definition) is 3. The molecule has 1 heterocycles. The molecule has 5 aliphatic rings. The van der Waals surface area contributed by atoms with Crippen molar-refractivity contribution in [3.05, 3.63) is 29.1 Å². The van der Waals surface area contributed by atoms with E-state index >= 15 is 4.39 Å². The molecule has 6 heteroatoms. The van der Waals surface area contributed by atoms with Gasteiger partial charge in [0.15, 0.2) is 0 Å². The Morgan fingerprint density at radius 1 is 1.19 bits per heavy atom. The third-order valence-corrected chi connectivity index (χ3v) is 8.60. The lowest BCUT2D eigenvalue weighted by Crippen LogP contribution is -2.53. The summed E-state index contributed by atoms with van der Waals surface area (Å²) in [5, 5.41) is 9.39. The summed E-state index contributed by atoms with van der Waals surface area (Å²) < 4.78 is 21.3. The predicted octanol–water partition coefficient (Wildman–Crippen LogP) is 4.84. The van der Waals surface area contributed by atoms with E-state index in [1.165, 1.54) is 30.2 Å². The lowest BCUT2D eigenvalue weighted by Gasteiger charge is -2.60. The molecule has 5 nitrogen and oxygen atoms in total. The van der Waals surface area contributed by atoms with Crippen molar-refractivity contribution in [3.8, 4) is 5.75 Å². The average molecular weight is 430 g/mol. The average Bonchev–Trinajstić information content (AvgIpc) is 3.46. The quantitative estimate of drug-likeness (QED) is 0.702. The number of ether oxygens (including phenoxy) is 1. The first-order chi connectivity index (χ1) is 14.8. The first-order valence-electron chi connectivity index (χ1n) is 11.8. The number of amides is 1. The molecule has 0 spiro atoms. The van der Waals surface area contributed by atoms with E-state index in [9.17, 15) is 14.7 Å². The van der Waals surface area contributed by atoms with E-state index in [2.05, 4.69) is 13.8 Å². The largest absolute Gasteiger partial charge is 0.493 e. The fourth-order valence-electron chi connectivity index (χ4n) is 6.35. The summed E-state index contributed by atoms with van der Waals surface area (Å²) in [5.74, 6) is 0.695. The molecule has 4 atom stereocenters. The fraction of sp³-hybridized carbons (Fsp3) is 0.680. The number of fused-ring (bicyclic) bond motifs is 2. The zero-order chi connectivity index (χ0) is 21.9. The Balaban J connectivity index is 1.35. The summed E-state index contributed by atoms with van der Waals surface area (Å²) in [4.78, 5) is 25.8. The van der Waals surface area contributed by atoms with E-state index in [-0.39, 0.29) is 5.56 Å². The molecule has 5 fully saturated rings. The van der Waals surface area contributed by atoms with Crippen LogP contribution in [0.25, 0.3) is 0 Å². The summed E-state index contributed by atoms with van der Waals surface area (Å²) in [6.07, 6.45) is 6.76. The Bertz CT molecular complexity index is 907. The highest BCUT2D eigenvalue weighted by atomic mass is 19.1. The van der Waals surface area contributed by atoms with E-state index in [1.807, 2.05) is 0 Å². The summed E-state index contributed by atoms with van der Waals surface area (Å²) in [6.45, 7) is 5.67. The fourth-order valence-corrected chi connectivity index (χ4v) is 6.35. The number of likely N-dealkylation sites (tertiary alicyclic amines) is 1. The number of carbonyl (C=O) groups excluding carboxylic acids is 1. The number of benzene rings is 1. The van der Waals surface area contributed by atoms with Crippen molar-refractivity contribution in [1.82, 2.24) is 4.90 Å². The van der Waals surface area contributed by atoms with Crippen LogP contribution in [0.4, 0.5) is 4.39 Å². The van der Waals surface area contributed by atoms with Gasteiger partial charge in [0.2, 0.25) is 0 Å². The molecule has 1 aromatic rings. The van der Waals surface area contributed by atoms with Crippen LogP contribution in [-0.4, -0.2) is 41.1 Å². The van der Waals surface area contributed by atoms with Gasteiger partial charge in [0.25, 0.3) is 5.91 Å². The third kappa shape index (κ3) is 3.52. The molecule has 0 radical (unpaired) electrons. The van der Waals surface area contributed by atoms with Crippen LogP contribution in [0.3, 0.4) is 0 Å². The lowest BCUT2D eigenvalue weighted by molar-refractivity contribution is -0.141. The van der Waals surface area contributed by atoms with Crippen LogP contribution in [-0.2, 0) is 4.79 Å². The Labute approximate surface area is 182 Å². The lowest BCUT2D eigenvalue weighted by atomic mass is 9.46. The first kappa shape index (κ1) is 20.8. The number of carboxylic acid groups (broad SMARTS) is 1. The van der Waals surface area contributed by atoms with E-state index in [1.54, 1.807) is 6.07 Å². The Kier molecular flexibility index (Phi) is 5.02. The number of rotatable bonds is 6. The van der Waals surface area contributed by atoms with Gasteiger partial charge in [-0.2, -0.15) is 0 Å². The first-order valence-corrected chi connectivity index (χ1v) is 11.8. The standard InChI is InChI=1S/C25H32FNO4/c1-25(2)16-8-7-15(19(25)10-16)13-31-22-12-20(26)18(11-17(22)14-5-6-14)23(28)27-9-3-4-21(27)24(29)30/h11-12,14-16,19,21H,3-10,13H2,1-2H3,(H,29,30)/t15?,16-,19-,21-/m0/s1. The molecule has 1 aromatic carbocycles. The highest BCUT2D eigenvalue weighted by molar-refractivity contribution is 5.97. The molecule has 4 saturated carbocycles. The Morgan fingerprint density at radius 3 is 2.61 bits per heavy atom. The van der Waals surface area contributed by atoms with Gasteiger partial charge in [-0.3, -0.25) is 4.79 Å². The molecule has 1 amide bonds. The molecule has 4 aliphatic carbocycles. The number of nitrogens with zero attached hydrogens (tertiary/aromatic N) is 1. The maximum absolute atomic E-state index is 15.0. The maximum atomic E-state index is 15.0. The zero-order valence-electron chi connectivity index (χ0n) is 18.4. The number of hydrogen-bond donors (Lipinski definition) is 1. The van der Waals surface area contributed by atoms with Crippen molar-refractivity contribution in [2.75, 3.05) is 13.2 Å². The van der Waals surface area contributed by atoms with Gasteiger partial charge < -0.3 is 14.7 Å². The van der Waals surface area contributed by atoms with E-state index < -0.39 is 23.7 Å². The Morgan fingerprint density at radius 2 is 1.97 bits per heavy atom. The molecule has 1 N–H and O–H groups in total. The second kappa shape index (κ2) is 7.49. The SMILES string of the molecule is CC1(C)[C@H]2CCC(COc3cc(F)c(C(=O)N4CCC[C@H]4C(=O)O)cc3C3CC3)[C@@H]1C2. The van der Waals surface area contributed by atoms with Gasteiger partial charge in [0.05, 0.1) is 12.2 Å². The normalized spacial score (nSPS) is 31.3. The number of carboxylic acids is 1. The number of aliphatic carboxylic acids is 1. The second-order valence-electron chi connectivity index (χ2n) is 10.6. The molecule has 6 rings (SSSR count). The van der Waals surface area contributed by atoms with Crippen molar-refractivity contribution in [1.29, 1.82) is 0 Å². The molecule has 1 unspecified atom stereocenters. The van der Waals surface area contributed by atoms with Crippen molar-refractivity contribution in [2.24, 2.45) is 23.2 Å². The summed E-state index contributed by atoms with van der Waals surface area (Å²) in [5.41, 5.74) is 1.25. The molecular formula is C25H32FNO4. The molecule has 168 valence electrons. The number of halogens is 1. The smallest absolute Gasteiger partial charge is 0.326 e. The van der Waals surface area contributed by atoms with Crippen LogP contribution >= 0.6 is 0 Å². The van der Waals surface area contributed by atoms with Crippen LogP contribution in [0, 0.1) is 29.0 Å². The van der Waals surface area contributed by atoms with Crippen molar-refractivity contribution >= 4 is 11.9 Å². The van der Waals surface area contributed by atoms with Gasteiger partial charge in [-0.15, -0.1) is 0 Å². The highest BCUT2D eigenvalue weighted by Gasteiger charge is 2.54. The monoisotopic (exact) mass is 429 g/mol. The summed E-state index contributed by atoms with van der Waals surface area (Å²) >= 11 is 0. The summed E-state index contributed by atoms with van der Waals surface area (Å²) in [7, 11) is 0. The van der Waals surface area contributed by atoms with Gasteiger partial charge in [-0.25, -0.2) is 9.18 Å². The number of carbonyl (C=O) groups is 2. The van der Waals surface area contributed by atoms with E-state index in [0.717, 1.165) is 24.3 Å². The topological polar surface area (TPSA) is 66.8 Å². The van der Waals surface area contributed by atoms with Crippen LogP contribution in [0.1, 0.15) is 80.6 Å². The van der Waals surface area contributed by atoms with Crippen LogP contribution in [0.15, 0.2) is 12.1 Å². The van der Waals surface area contributed by atoms with Gasteiger partial charge in [0, 0.05) is 12.6 Å². The maximum Gasteiger partial charge on any atom is 0.326 e. The molecule has 1 saturated heterocycles. The van der Waals surface area contributed by atoms with Gasteiger partial charge in [-0.05, 0) is 85.7 Å². The molecule has 1 aliphatic heterocycles. The Hall–Kier alpha value is -2.11. The van der Waals surface area contributed by atoms with Gasteiger partial charge in [-0.1, -0.05) is 13.8 Å². The van der Waals surface area contributed by atoms with Crippen LogP contribution < -0.4 is 4.74 Å². The highest BCUT2D eigenvalue weighted by Crippen LogP contribution is 2.61. The second-order valence-corrected chi connectivity index (χ2v) is 10.6. The van der Waals surface area contributed by atoms with E-state index in [0.29, 0.717) is 54.9 Å². The minimum absolute atomic E-state index is 0.0250. The predicted molar refractivity (Wildman–Crippen MR) is 114 cm³/mol. The minimum atomic E-state index is -1.03. The van der Waals surface area contributed by atoms with Gasteiger partial charge >= 0.3 is 5.97 Å². The molecular weight excluding hydrogens is 397 g/mol. The summed E-state index contributed by atoms with van der Waals surface area (Å²) in [6, 6.07) is 2.13. The molecule has 2 bridgehead atoms. The third-order valence-electron chi connectivity index (χ3n) is 8.60. The van der Waals surface area contributed by atoms with E-state index in [4.69, 9.17) is 4.74 Å².